The summed E-state index contributed by atoms with van der Waals surface area (Å²) in [7, 11) is 1.54. The molecule has 4 nitrogen and oxygen atoms in total. The fourth-order valence-electron chi connectivity index (χ4n) is 4.75. The van der Waals surface area contributed by atoms with Crippen LogP contribution in [0.25, 0.3) is 0 Å². The molecule has 2 fully saturated rings. The molecule has 3 rings (SSSR count). The van der Waals surface area contributed by atoms with Gasteiger partial charge in [0.15, 0.2) is 0 Å². The fourth-order valence-corrected chi connectivity index (χ4v) is 4.75. The summed E-state index contributed by atoms with van der Waals surface area (Å²) in [6.07, 6.45) is 6.18. The SMILES string of the molecule is CO[C@@H]1OC(=O)C2=CC[C@H]3C(C)(C)CCC[C@]3(C=O)[C@H]21. The van der Waals surface area contributed by atoms with E-state index in [4.69, 9.17) is 9.47 Å². The molecule has 3 aliphatic rings. The molecule has 0 bridgehead atoms. The molecule has 4 atom stereocenters. The van der Waals surface area contributed by atoms with Crippen molar-refractivity contribution >= 4 is 12.3 Å². The van der Waals surface area contributed by atoms with Gasteiger partial charge in [0, 0.05) is 18.1 Å². The van der Waals surface area contributed by atoms with Crippen LogP contribution in [-0.2, 0) is 19.1 Å². The maximum absolute atomic E-state index is 12.1. The summed E-state index contributed by atoms with van der Waals surface area (Å²) in [6.45, 7) is 4.46. The van der Waals surface area contributed by atoms with Gasteiger partial charge in [-0.15, -0.1) is 0 Å². The van der Waals surface area contributed by atoms with E-state index < -0.39 is 11.7 Å². The number of cyclic esters (lactones) is 1. The Morgan fingerprint density at radius 1 is 1.40 bits per heavy atom. The molecule has 0 aromatic rings. The number of carbonyl (C=O) groups is 2. The summed E-state index contributed by atoms with van der Waals surface area (Å²) < 4.78 is 10.7. The van der Waals surface area contributed by atoms with Crippen molar-refractivity contribution in [1.29, 1.82) is 0 Å². The van der Waals surface area contributed by atoms with Gasteiger partial charge >= 0.3 is 5.97 Å². The van der Waals surface area contributed by atoms with E-state index in [0.717, 1.165) is 32.0 Å². The van der Waals surface area contributed by atoms with Crippen LogP contribution in [0.5, 0.6) is 0 Å². The van der Waals surface area contributed by atoms with Gasteiger partial charge < -0.3 is 14.3 Å². The lowest BCUT2D eigenvalue weighted by atomic mass is 9.48. The van der Waals surface area contributed by atoms with E-state index in [9.17, 15) is 9.59 Å². The number of esters is 1. The molecule has 0 amide bonds. The van der Waals surface area contributed by atoms with E-state index in [0.29, 0.717) is 5.57 Å². The molecule has 1 saturated carbocycles. The minimum atomic E-state index is -0.615. The zero-order valence-corrected chi connectivity index (χ0v) is 12.3. The zero-order valence-electron chi connectivity index (χ0n) is 12.3. The molecule has 0 aromatic heterocycles. The Morgan fingerprint density at radius 2 is 2.15 bits per heavy atom. The molecule has 0 unspecified atom stereocenters. The lowest BCUT2D eigenvalue weighted by Crippen LogP contribution is -2.53. The van der Waals surface area contributed by atoms with Gasteiger partial charge in [-0.3, -0.25) is 0 Å². The van der Waals surface area contributed by atoms with Gasteiger partial charge in [-0.1, -0.05) is 26.3 Å². The second kappa shape index (κ2) is 4.42. The van der Waals surface area contributed by atoms with Crippen LogP contribution >= 0.6 is 0 Å². The summed E-state index contributed by atoms with van der Waals surface area (Å²) >= 11 is 0. The number of aldehydes is 1. The highest BCUT2D eigenvalue weighted by atomic mass is 16.7. The number of allylic oxidation sites excluding steroid dienone is 1. The van der Waals surface area contributed by atoms with Crippen molar-refractivity contribution in [2.75, 3.05) is 7.11 Å². The van der Waals surface area contributed by atoms with Crippen molar-refractivity contribution < 1.29 is 19.1 Å². The van der Waals surface area contributed by atoms with Crippen LogP contribution in [0, 0.1) is 22.7 Å². The van der Waals surface area contributed by atoms with Gasteiger partial charge in [0.05, 0.1) is 5.92 Å². The maximum atomic E-state index is 12.1. The van der Waals surface area contributed by atoms with Gasteiger partial charge in [0.1, 0.15) is 6.29 Å². The Kier molecular flexibility index (Phi) is 3.05. The number of ether oxygens (including phenoxy) is 2. The maximum Gasteiger partial charge on any atom is 0.336 e. The standard InChI is InChI=1S/C16H22O4/c1-15(2)7-4-8-16(9-17)11(15)6-5-10-12(16)14(19-3)20-13(10)18/h5,9,11-12,14H,4,6-8H2,1-3H3/t11-,12+,14+,16+/m0/s1. The smallest absolute Gasteiger partial charge is 0.336 e. The molecule has 0 radical (unpaired) electrons. The Labute approximate surface area is 119 Å². The number of hydrogen-bond acceptors (Lipinski definition) is 4. The molecule has 0 aromatic carbocycles. The first kappa shape index (κ1) is 13.8. The molecule has 110 valence electrons. The highest BCUT2D eigenvalue weighted by Crippen LogP contribution is 2.61. The Balaban J connectivity index is 2.12. The van der Waals surface area contributed by atoms with E-state index in [1.54, 1.807) is 0 Å². The van der Waals surface area contributed by atoms with Crippen LogP contribution in [0.4, 0.5) is 0 Å². The number of methoxy groups -OCH3 is 1. The lowest BCUT2D eigenvalue weighted by Gasteiger charge is -2.54. The van der Waals surface area contributed by atoms with Gasteiger partial charge in [-0.25, -0.2) is 4.79 Å². The average Bonchev–Trinajstić information content (AvgIpc) is 2.76. The number of carbonyl (C=O) groups excluding carboxylic acids is 2. The molecule has 1 saturated heterocycles. The third-order valence-corrected chi connectivity index (χ3v) is 5.69. The van der Waals surface area contributed by atoms with Gasteiger partial charge in [-0.05, 0) is 30.6 Å². The molecule has 2 aliphatic carbocycles. The lowest BCUT2D eigenvalue weighted by molar-refractivity contribution is -0.177. The fraction of sp³-hybridized carbons (Fsp3) is 0.750. The summed E-state index contributed by atoms with van der Waals surface area (Å²) in [4.78, 5) is 24.1. The van der Waals surface area contributed by atoms with Crippen molar-refractivity contribution in [3.63, 3.8) is 0 Å². The Bertz CT molecular complexity index is 479. The number of fused-ring (bicyclic) bond motifs is 3. The van der Waals surface area contributed by atoms with Crippen LogP contribution in [0.2, 0.25) is 0 Å². The zero-order chi connectivity index (χ0) is 14.5. The Morgan fingerprint density at radius 3 is 2.80 bits per heavy atom. The van der Waals surface area contributed by atoms with Crippen LogP contribution in [0.15, 0.2) is 11.6 Å². The van der Waals surface area contributed by atoms with Gasteiger partial charge in [0.2, 0.25) is 6.29 Å². The summed E-state index contributed by atoms with van der Waals surface area (Å²) in [5.74, 6) is -0.303. The molecule has 0 spiro atoms. The molecular weight excluding hydrogens is 256 g/mol. The van der Waals surface area contributed by atoms with Gasteiger partial charge in [0.25, 0.3) is 0 Å². The first-order chi connectivity index (χ1) is 9.46. The third-order valence-electron chi connectivity index (χ3n) is 5.69. The van der Waals surface area contributed by atoms with Crippen molar-refractivity contribution in [3.8, 4) is 0 Å². The number of hydrogen-bond donors (Lipinski definition) is 0. The topological polar surface area (TPSA) is 52.6 Å². The Hall–Kier alpha value is -1.16. The normalized spacial score (nSPS) is 42.2. The third kappa shape index (κ3) is 1.63. The number of rotatable bonds is 2. The van der Waals surface area contributed by atoms with Crippen molar-refractivity contribution in [3.05, 3.63) is 11.6 Å². The van der Waals surface area contributed by atoms with Crippen LogP contribution < -0.4 is 0 Å². The molecule has 1 heterocycles. The van der Waals surface area contributed by atoms with Crippen LogP contribution in [0.1, 0.15) is 39.5 Å². The monoisotopic (exact) mass is 278 g/mol. The predicted octanol–water partition coefficient (Wildman–Crippen LogP) is 2.47. The molecule has 1 aliphatic heterocycles. The van der Waals surface area contributed by atoms with E-state index >= 15 is 0 Å². The van der Waals surface area contributed by atoms with E-state index in [1.165, 1.54) is 7.11 Å². The molecular formula is C16H22O4. The second-order valence-corrected chi connectivity index (χ2v) is 7.01. The molecule has 4 heteroatoms. The average molecular weight is 278 g/mol. The highest BCUT2D eigenvalue weighted by molar-refractivity contribution is 5.93. The van der Waals surface area contributed by atoms with E-state index in [1.807, 2.05) is 6.08 Å². The summed E-state index contributed by atoms with van der Waals surface area (Å²) in [6, 6.07) is 0. The summed E-state index contributed by atoms with van der Waals surface area (Å²) in [5, 5.41) is 0. The van der Waals surface area contributed by atoms with Crippen molar-refractivity contribution in [1.82, 2.24) is 0 Å². The van der Waals surface area contributed by atoms with Gasteiger partial charge in [-0.2, -0.15) is 0 Å². The largest absolute Gasteiger partial charge is 0.432 e. The van der Waals surface area contributed by atoms with Crippen LogP contribution in [-0.4, -0.2) is 25.7 Å². The minimum absolute atomic E-state index is 0.102. The first-order valence-corrected chi connectivity index (χ1v) is 7.36. The molecule has 20 heavy (non-hydrogen) atoms. The molecule has 0 N–H and O–H groups in total. The first-order valence-electron chi connectivity index (χ1n) is 7.36. The minimum Gasteiger partial charge on any atom is -0.432 e. The highest BCUT2D eigenvalue weighted by Gasteiger charge is 2.62. The quantitative estimate of drug-likeness (QED) is 0.575. The van der Waals surface area contributed by atoms with Crippen LogP contribution in [0.3, 0.4) is 0 Å². The predicted molar refractivity (Wildman–Crippen MR) is 72.7 cm³/mol. The summed E-state index contributed by atoms with van der Waals surface area (Å²) in [5.41, 5.74) is 0.238. The van der Waals surface area contributed by atoms with Crippen molar-refractivity contribution in [2.24, 2.45) is 22.7 Å². The second-order valence-electron chi connectivity index (χ2n) is 7.01. The van der Waals surface area contributed by atoms with E-state index in [2.05, 4.69) is 13.8 Å². The van der Waals surface area contributed by atoms with Crippen molar-refractivity contribution in [2.45, 2.75) is 45.8 Å². The van der Waals surface area contributed by atoms with E-state index in [-0.39, 0.29) is 23.2 Å².